The SMILES string of the molecule is COC(=O)c1c(NC(=O)c2cccc(OCc3nsnc3C)c2)sc2c1CCCC2. The number of fused-ring (bicyclic) bond motifs is 1. The van der Waals surface area contributed by atoms with Gasteiger partial charge in [-0.1, -0.05) is 6.07 Å². The first-order valence-corrected chi connectivity index (χ1v) is 11.2. The molecule has 30 heavy (non-hydrogen) atoms. The van der Waals surface area contributed by atoms with Crippen molar-refractivity contribution in [3.05, 3.63) is 57.2 Å². The molecule has 4 rings (SSSR count). The van der Waals surface area contributed by atoms with Crippen molar-refractivity contribution in [1.29, 1.82) is 0 Å². The number of ether oxygens (including phenoxy) is 2. The van der Waals surface area contributed by atoms with Gasteiger partial charge in [-0.3, -0.25) is 4.79 Å². The molecule has 0 saturated heterocycles. The van der Waals surface area contributed by atoms with E-state index in [-0.39, 0.29) is 12.5 Å². The van der Waals surface area contributed by atoms with Crippen LogP contribution in [0, 0.1) is 6.92 Å². The maximum atomic E-state index is 12.9. The fraction of sp³-hybridized carbons (Fsp3) is 0.333. The topological polar surface area (TPSA) is 90.4 Å². The Morgan fingerprint density at radius 1 is 1.20 bits per heavy atom. The van der Waals surface area contributed by atoms with E-state index in [1.165, 1.54) is 18.4 Å². The number of hydrogen-bond donors (Lipinski definition) is 1. The van der Waals surface area contributed by atoms with Gasteiger partial charge in [0.05, 0.1) is 30.1 Å². The van der Waals surface area contributed by atoms with Crippen LogP contribution in [0.2, 0.25) is 0 Å². The van der Waals surface area contributed by atoms with E-state index in [9.17, 15) is 9.59 Å². The lowest BCUT2D eigenvalue weighted by Gasteiger charge is -2.12. The van der Waals surface area contributed by atoms with Gasteiger partial charge in [-0.25, -0.2) is 4.79 Å². The molecule has 1 aliphatic rings. The molecule has 1 aromatic carbocycles. The normalized spacial score (nSPS) is 12.9. The number of aryl methyl sites for hydroxylation is 2. The first-order chi connectivity index (χ1) is 14.6. The summed E-state index contributed by atoms with van der Waals surface area (Å²) in [4.78, 5) is 26.4. The van der Waals surface area contributed by atoms with Crippen molar-refractivity contribution in [2.45, 2.75) is 39.2 Å². The molecular weight excluding hydrogens is 422 g/mol. The lowest BCUT2D eigenvalue weighted by molar-refractivity contribution is 0.0601. The third-order valence-corrected chi connectivity index (χ3v) is 6.87. The van der Waals surface area contributed by atoms with Crippen LogP contribution in [0.1, 0.15) is 55.4 Å². The van der Waals surface area contributed by atoms with Crippen molar-refractivity contribution in [3.8, 4) is 5.75 Å². The quantitative estimate of drug-likeness (QED) is 0.568. The minimum Gasteiger partial charge on any atom is -0.487 e. The van der Waals surface area contributed by atoms with Gasteiger partial charge in [0.15, 0.2) is 0 Å². The standard InChI is InChI=1S/C21H21N3O4S2/c1-12-16(24-30-23-12)11-28-14-7-5-6-13(10-14)19(25)22-20-18(21(26)27-2)15-8-3-4-9-17(15)29-20/h5-7,10H,3-4,8-9,11H2,1-2H3,(H,22,25). The highest BCUT2D eigenvalue weighted by Gasteiger charge is 2.27. The zero-order valence-corrected chi connectivity index (χ0v) is 18.3. The number of nitrogens with zero attached hydrogens (tertiary/aromatic N) is 2. The molecule has 0 saturated carbocycles. The molecule has 0 atom stereocenters. The number of hydrogen-bond acceptors (Lipinski definition) is 8. The summed E-state index contributed by atoms with van der Waals surface area (Å²) in [5.74, 6) is -0.140. The third-order valence-electron chi connectivity index (χ3n) is 5.01. The summed E-state index contributed by atoms with van der Waals surface area (Å²) in [5, 5.41) is 3.46. The number of nitrogens with one attached hydrogen (secondary N) is 1. The van der Waals surface area contributed by atoms with Crippen LogP contribution in [0.4, 0.5) is 5.00 Å². The maximum absolute atomic E-state index is 12.9. The molecule has 2 aromatic heterocycles. The van der Waals surface area contributed by atoms with E-state index in [4.69, 9.17) is 9.47 Å². The molecule has 2 heterocycles. The van der Waals surface area contributed by atoms with Crippen LogP contribution in [0.15, 0.2) is 24.3 Å². The Balaban J connectivity index is 1.52. The van der Waals surface area contributed by atoms with Gasteiger partial charge in [-0.2, -0.15) is 8.75 Å². The van der Waals surface area contributed by atoms with Gasteiger partial charge in [0.1, 0.15) is 23.1 Å². The largest absolute Gasteiger partial charge is 0.487 e. The van der Waals surface area contributed by atoms with E-state index >= 15 is 0 Å². The van der Waals surface area contributed by atoms with Gasteiger partial charge in [-0.05, 0) is 56.4 Å². The average Bonchev–Trinajstić information content (AvgIpc) is 3.34. The summed E-state index contributed by atoms with van der Waals surface area (Å²) < 4.78 is 19.1. The van der Waals surface area contributed by atoms with Gasteiger partial charge in [0.25, 0.3) is 5.91 Å². The Hall–Kier alpha value is -2.78. The number of anilines is 1. The zero-order chi connectivity index (χ0) is 21.1. The molecule has 7 nitrogen and oxygen atoms in total. The van der Waals surface area contributed by atoms with Crippen molar-refractivity contribution < 1.29 is 19.1 Å². The molecule has 9 heteroatoms. The monoisotopic (exact) mass is 443 g/mol. The molecule has 1 aliphatic carbocycles. The van der Waals surface area contributed by atoms with E-state index in [2.05, 4.69) is 14.1 Å². The number of thiophene rings is 1. The third kappa shape index (κ3) is 4.22. The second-order valence-corrected chi connectivity index (χ2v) is 8.61. The summed E-state index contributed by atoms with van der Waals surface area (Å²) in [5.41, 5.74) is 3.57. The lowest BCUT2D eigenvalue weighted by Crippen LogP contribution is -2.15. The summed E-state index contributed by atoms with van der Waals surface area (Å²) in [7, 11) is 1.36. The van der Waals surface area contributed by atoms with Crippen LogP contribution < -0.4 is 10.1 Å². The Morgan fingerprint density at radius 3 is 2.80 bits per heavy atom. The van der Waals surface area contributed by atoms with E-state index in [0.717, 1.165) is 59.2 Å². The van der Waals surface area contributed by atoms with Crippen molar-refractivity contribution in [2.24, 2.45) is 0 Å². The first kappa shape index (κ1) is 20.5. The predicted octanol–water partition coefficient (Wildman–Crippen LogP) is 4.40. The summed E-state index contributed by atoms with van der Waals surface area (Å²) in [6.07, 6.45) is 3.89. The number of carbonyl (C=O) groups is 2. The highest BCUT2D eigenvalue weighted by atomic mass is 32.1. The second-order valence-electron chi connectivity index (χ2n) is 6.97. The minimum absolute atomic E-state index is 0.289. The number of rotatable bonds is 6. The van der Waals surface area contributed by atoms with Gasteiger partial charge >= 0.3 is 5.97 Å². The summed E-state index contributed by atoms with van der Waals surface area (Å²) in [6.45, 7) is 2.17. The van der Waals surface area contributed by atoms with E-state index < -0.39 is 5.97 Å². The lowest BCUT2D eigenvalue weighted by atomic mass is 9.95. The van der Waals surface area contributed by atoms with Crippen LogP contribution in [0.25, 0.3) is 0 Å². The zero-order valence-electron chi connectivity index (χ0n) is 16.7. The highest BCUT2D eigenvalue weighted by Crippen LogP contribution is 2.38. The smallest absolute Gasteiger partial charge is 0.341 e. The highest BCUT2D eigenvalue weighted by molar-refractivity contribution is 7.17. The molecule has 3 aromatic rings. The van der Waals surface area contributed by atoms with Crippen molar-refractivity contribution in [3.63, 3.8) is 0 Å². The summed E-state index contributed by atoms with van der Waals surface area (Å²) >= 11 is 2.61. The molecule has 156 valence electrons. The average molecular weight is 444 g/mol. The van der Waals surface area contributed by atoms with Crippen molar-refractivity contribution in [2.75, 3.05) is 12.4 Å². The maximum Gasteiger partial charge on any atom is 0.341 e. The number of carbonyl (C=O) groups excluding carboxylic acids is 2. The molecule has 1 N–H and O–H groups in total. The van der Waals surface area contributed by atoms with Crippen LogP contribution in [-0.4, -0.2) is 27.7 Å². The first-order valence-electron chi connectivity index (χ1n) is 9.62. The van der Waals surface area contributed by atoms with Gasteiger partial charge < -0.3 is 14.8 Å². The molecule has 0 fully saturated rings. The molecule has 0 spiro atoms. The van der Waals surface area contributed by atoms with Crippen LogP contribution in [0.5, 0.6) is 5.75 Å². The molecule has 0 bridgehead atoms. The fourth-order valence-electron chi connectivity index (χ4n) is 3.41. The predicted molar refractivity (Wildman–Crippen MR) is 116 cm³/mol. The van der Waals surface area contributed by atoms with Crippen LogP contribution in [0.3, 0.4) is 0 Å². The Kier molecular flexibility index (Phi) is 6.10. The number of benzene rings is 1. The molecule has 0 radical (unpaired) electrons. The van der Waals surface area contributed by atoms with Gasteiger partial charge in [0, 0.05) is 10.4 Å². The Morgan fingerprint density at radius 2 is 2.03 bits per heavy atom. The van der Waals surface area contributed by atoms with Crippen molar-refractivity contribution >= 4 is 39.9 Å². The molecule has 0 aliphatic heterocycles. The number of aromatic nitrogens is 2. The summed E-state index contributed by atoms with van der Waals surface area (Å²) in [6, 6.07) is 6.94. The number of amides is 1. The van der Waals surface area contributed by atoms with Crippen molar-refractivity contribution in [1.82, 2.24) is 8.75 Å². The van der Waals surface area contributed by atoms with E-state index in [1.54, 1.807) is 24.3 Å². The molecule has 0 unspecified atom stereocenters. The fourth-order valence-corrected chi connectivity index (χ4v) is 5.23. The molecule has 1 amide bonds. The van der Waals surface area contributed by atoms with Crippen LogP contribution in [-0.2, 0) is 24.2 Å². The number of esters is 1. The van der Waals surface area contributed by atoms with Gasteiger partial charge in [-0.15, -0.1) is 11.3 Å². The molecular formula is C21H21N3O4S2. The Labute approximate surface area is 182 Å². The Bertz CT molecular complexity index is 1090. The number of methoxy groups -OCH3 is 1. The second kappa shape index (κ2) is 8.93. The minimum atomic E-state index is -0.408. The van der Waals surface area contributed by atoms with E-state index in [1.807, 2.05) is 6.92 Å². The van der Waals surface area contributed by atoms with E-state index in [0.29, 0.717) is 21.9 Å². The van der Waals surface area contributed by atoms with Gasteiger partial charge in [0.2, 0.25) is 0 Å². The van der Waals surface area contributed by atoms with Crippen LogP contribution >= 0.6 is 23.1 Å².